The van der Waals surface area contributed by atoms with E-state index in [1.807, 2.05) is 66.7 Å². The van der Waals surface area contributed by atoms with Gasteiger partial charge in [0.1, 0.15) is 6.10 Å². The van der Waals surface area contributed by atoms with E-state index in [4.69, 9.17) is 10.00 Å². The fourth-order valence-electron chi connectivity index (χ4n) is 2.81. The van der Waals surface area contributed by atoms with Crippen molar-refractivity contribution in [3.05, 3.63) is 88.5 Å². The van der Waals surface area contributed by atoms with Gasteiger partial charge in [0.05, 0.1) is 23.9 Å². The van der Waals surface area contributed by atoms with Crippen molar-refractivity contribution in [3.8, 4) is 11.9 Å². The molecule has 4 rings (SSSR count). The Bertz CT molecular complexity index is 899. The molecule has 2 N–H and O–H groups in total. The van der Waals surface area contributed by atoms with E-state index in [2.05, 4.69) is 37.6 Å². The lowest BCUT2D eigenvalue weighted by Gasteiger charge is -2.26. The number of nitrogens with zero attached hydrogens (tertiary/aromatic N) is 2. The highest BCUT2D eigenvalue weighted by Gasteiger charge is 2.20. The van der Waals surface area contributed by atoms with Crippen LogP contribution >= 0.6 is 15.9 Å². The second-order valence-corrected chi connectivity index (χ2v) is 7.46. The molecule has 1 aliphatic rings. The van der Waals surface area contributed by atoms with Crippen molar-refractivity contribution >= 4 is 21.6 Å². The molecule has 2 aromatic carbocycles. The Morgan fingerprint density at radius 1 is 1.14 bits per heavy atom. The van der Waals surface area contributed by atoms with Crippen LogP contribution in [0.25, 0.3) is 0 Å². The van der Waals surface area contributed by atoms with Gasteiger partial charge in [-0.05, 0) is 52.7 Å². The number of fused-ring (bicyclic) bond motifs is 1. The number of rotatable bonds is 5. The fourth-order valence-corrected chi connectivity index (χ4v) is 3.14. The number of nitrogens with one attached hydrogen (secondary N) is 2. The maximum Gasteiger partial charge on any atom is 0.237 e. The summed E-state index contributed by atoms with van der Waals surface area (Å²) in [7, 11) is 0. The van der Waals surface area contributed by atoms with Crippen molar-refractivity contribution in [2.75, 3.05) is 25.0 Å². The number of benzene rings is 2. The summed E-state index contributed by atoms with van der Waals surface area (Å²) in [5, 5.41) is 15.5. The molecule has 0 bridgehead atoms. The van der Waals surface area contributed by atoms with E-state index in [9.17, 15) is 0 Å². The quantitative estimate of drug-likeness (QED) is 0.563. The Hall–Kier alpha value is -2.88. The lowest BCUT2D eigenvalue weighted by molar-refractivity contribution is 0.194. The average Bonchev–Trinajstić information content (AvgIpc) is 2.79. The minimum Gasteiger partial charge on any atom is -0.470 e. The van der Waals surface area contributed by atoms with Gasteiger partial charge in [-0.3, -0.25) is 0 Å². The van der Waals surface area contributed by atoms with Crippen LogP contribution in [0.1, 0.15) is 11.1 Å². The molecular formula is C23H23BrN4O. The van der Waals surface area contributed by atoms with Crippen LogP contribution in [-0.4, -0.2) is 30.7 Å². The van der Waals surface area contributed by atoms with Gasteiger partial charge in [0.2, 0.25) is 5.88 Å². The lowest BCUT2D eigenvalue weighted by Crippen LogP contribution is -2.40. The maximum absolute atomic E-state index is 8.78. The van der Waals surface area contributed by atoms with Gasteiger partial charge in [-0.15, -0.1) is 0 Å². The van der Waals surface area contributed by atoms with Crippen molar-refractivity contribution in [3.63, 3.8) is 0 Å². The van der Waals surface area contributed by atoms with Crippen LogP contribution in [0, 0.1) is 11.3 Å². The van der Waals surface area contributed by atoms with Gasteiger partial charge in [-0.1, -0.05) is 48.5 Å². The molecule has 0 radical (unpaired) electrons. The fraction of sp³-hybridized carbons (Fsp3) is 0.217. The highest BCUT2D eigenvalue weighted by molar-refractivity contribution is 9.10. The van der Waals surface area contributed by atoms with Gasteiger partial charge in [-0.2, -0.15) is 5.26 Å². The first-order valence-corrected chi connectivity index (χ1v) is 10.3. The zero-order valence-electron chi connectivity index (χ0n) is 16.0. The Labute approximate surface area is 179 Å². The van der Waals surface area contributed by atoms with Crippen LogP contribution in [0.4, 0.5) is 5.69 Å². The standard InChI is InChI=1S/C17H17BrN4O.C6H6/c18-14-7-16-17(22-9-14)23-15(11-21-16)10-20-6-5-12-1-3-13(8-19)4-2-12;1-2-4-6-5-3-1/h1-4,7,9,15,20-21H,5-6,10-11H2;1-6H. The predicted octanol–water partition coefficient (Wildman–Crippen LogP) is 4.41. The van der Waals surface area contributed by atoms with Crippen molar-refractivity contribution in [2.45, 2.75) is 12.5 Å². The Balaban J connectivity index is 0.000000343. The predicted molar refractivity (Wildman–Crippen MR) is 119 cm³/mol. The molecule has 6 heteroatoms. The Kier molecular flexibility index (Phi) is 8.05. The largest absolute Gasteiger partial charge is 0.470 e. The first kappa shape index (κ1) is 20.8. The second kappa shape index (κ2) is 11.2. The summed E-state index contributed by atoms with van der Waals surface area (Å²) in [6, 6.07) is 23.8. The van der Waals surface area contributed by atoms with E-state index in [0.29, 0.717) is 11.4 Å². The van der Waals surface area contributed by atoms with Crippen molar-refractivity contribution < 1.29 is 4.74 Å². The average molecular weight is 451 g/mol. The minimum atomic E-state index is 0.0668. The zero-order valence-corrected chi connectivity index (χ0v) is 17.6. The molecule has 0 saturated carbocycles. The highest BCUT2D eigenvalue weighted by atomic mass is 79.9. The summed E-state index contributed by atoms with van der Waals surface area (Å²) < 4.78 is 6.81. The summed E-state index contributed by atoms with van der Waals surface area (Å²) >= 11 is 3.40. The first-order chi connectivity index (χ1) is 14.2. The Morgan fingerprint density at radius 2 is 1.83 bits per heavy atom. The maximum atomic E-state index is 8.78. The van der Waals surface area contributed by atoms with Crippen molar-refractivity contribution in [2.24, 2.45) is 0 Å². The third-order valence-electron chi connectivity index (χ3n) is 4.33. The van der Waals surface area contributed by atoms with E-state index in [-0.39, 0.29) is 6.10 Å². The SMILES string of the molecule is N#Cc1ccc(CCNCC2CNc3cc(Br)cnc3O2)cc1.c1ccccc1. The van der Waals surface area contributed by atoms with Crippen LogP contribution in [0.3, 0.4) is 0 Å². The van der Waals surface area contributed by atoms with E-state index in [0.717, 1.165) is 36.2 Å². The first-order valence-electron chi connectivity index (χ1n) is 9.50. The number of hydrogen-bond acceptors (Lipinski definition) is 5. The van der Waals surface area contributed by atoms with Crippen molar-refractivity contribution in [1.29, 1.82) is 5.26 Å². The molecule has 1 aromatic heterocycles. The van der Waals surface area contributed by atoms with Crippen LogP contribution in [0.15, 0.2) is 77.4 Å². The zero-order chi connectivity index (χ0) is 20.3. The molecule has 3 aromatic rings. The van der Waals surface area contributed by atoms with Crippen molar-refractivity contribution in [1.82, 2.24) is 10.3 Å². The summed E-state index contributed by atoms with van der Waals surface area (Å²) in [5.41, 5.74) is 2.84. The third kappa shape index (κ3) is 6.90. The van der Waals surface area contributed by atoms with Gasteiger partial charge >= 0.3 is 0 Å². The van der Waals surface area contributed by atoms with Crippen LogP contribution in [0.2, 0.25) is 0 Å². The summed E-state index contributed by atoms with van der Waals surface area (Å²) in [6.45, 7) is 2.39. The topological polar surface area (TPSA) is 70.0 Å². The molecule has 0 saturated heterocycles. The van der Waals surface area contributed by atoms with Crippen LogP contribution in [-0.2, 0) is 6.42 Å². The molecule has 0 aliphatic carbocycles. The molecule has 0 spiro atoms. The second-order valence-electron chi connectivity index (χ2n) is 6.54. The smallest absolute Gasteiger partial charge is 0.237 e. The van der Waals surface area contributed by atoms with Gasteiger partial charge in [0, 0.05) is 17.2 Å². The number of pyridine rings is 1. The van der Waals surface area contributed by atoms with Crippen LogP contribution < -0.4 is 15.4 Å². The minimum absolute atomic E-state index is 0.0668. The molecule has 1 unspecified atom stereocenters. The molecule has 5 nitrogen and oxygen atoms in total. The normalized spacial score (nSPS) is 14.3. The molecule has 148 valence electrons. The van der Waals surface area contributed by atoms with E-state index in [1.54, 1.807) is 6.20 Å². The number of aromatic nitrogens is 1. The van der Waals surface area contributed by atoms with E-state index in [1.165, 1.54) is 5.56 Å². The Morgan fingerprint density at radius 3 is 2.48 bits per heavy atom. The monoisotopic (exact) mass is 450 g/mol. The molecule has 1 aliphatic heterocycles. The molecule has 2 heterocycles. The van der Waals surface area contributed by atoms with Gasteiger partial charge in [0.15, 0.2) is 0 Å². The molecule has 29 heavy (non-hydrogen) atoms. The molecule has 1 atom stereocenters. The molecule has 0 fully saturated rings. The van der Waals surface area contributed by atoms with Gasteiger partial charge < -0.3 is 15.4 Å². The summed E-state index contributed by atoms with van der Waals surface area (Å²) in [5.74, 6) is 0.651. The number of anilines is 1. The van der Waals surface area contributed by atoms with Gasteiger partial charge in [-0.25, -0.2) is 4.98 Å². The summed E-state index contributed by atoms with van der Waals surface area (Å²) in [4.78, 5) is 4.28. The van der Waals surface area contributed by atoms with E-state index < -0.39 is 0 Å². The van der Waals surface area contributed by atoms with E-state index >= 15 is 0 Å². The number of ether oxygens (including phenoxy) is 1. The molecule has 0 amide bonds. The van der Waals surface area contributed by atoms with Gasteiger partial charge in [0.25, 0.3) is 0 Å². The number of nitriles is 1. The number of hydrogen-bond donors (Lipinski definition) is 2. The summed E-state index contributed by atoms with van der Waals surface area (Å²) in [6.07, 6.45) is 2.73. The number of halogens is 1. The highest BCUT2D eigenvalue weighted by Crippen LogP contribution is 2.28. The van der Waals surface area contributed by atoms with Crippen LogP contribution in [0.5, 0.6) is 5.88 Å². The lowest BCUT2D eigenvalue weighted by atomic mass is 10.1. The molecular weight excluding hydrogens is 428 g/mol. The third-order valence-corrected chi connectivity index (χ3v) is 4.76.